The zero-order chi connectivity index (χ0) is 15.7. The predicted molar refractivity (Wildman–Crippen MR) is 90.5 cm³/mol. The van der Waals surface area contributed by atoms with Crippen LogP contribution in [-0.4, -0.2) is 9.97 Å². The normalized spacial score (nSPS) is 11.0. The molecule has 0 aliphatic rings. The van der Waals surface area contributed by atoms with Crippen LogP contribution in [0.2, 0.25) is 0 Å². The molecule has 1 N–H and O–H groups in total. The summed E-state index contributed by atoms with van der Waals surface area (Å²) in [7, 11) is 0. The lowest BCUT2D eigenvalue weighted by atomic mass is 10.1. The van der Waals surface area contributed by atoms with Gasteiger partial charge in [0.15, 0.2) is 0 Å². The van der Waals surface area contributed by atoms with E-state index in [2.05, 4.69) is 48.1 Å². The van der Waals surface area contributed by atoms with Crippen LogP contribution in [0, 0.1) is 13.8 Å². The summed E-state index contributed by atoms with van der Waals surface area (Å²) in [5.41, 5.74) is 6.88. The largest absolute Gasteiger partial charge is 0.319 e. The molecule has 0 unspecified atom stereocenters. The summed E-state index contributed by atoms with van der Waals surface area (Å²) in [6, 6.07) is 12.4. The van der Waals surface area contributed by atoms with Gasteiger partial charge in [-0.2, -0.15) is 0 Å². The van der Waals surface area contributed by atoms with Crippen molar-refractivity contribution in [2.24, 2.45) is 0 Å². The van der Waals surface area contributed by atoms with Crippen molar-refractivity contribution in [3.8, 4) is 0 Å². The van der Waals surface area contributed by atoms with Gasteiger partial charge in [0, 0.05) is 6.42 Å². The molecule has 0 aliphatic heterocycles. The summed E-state index contributed by atoms with van der Waals surface area (Å²) >= 11 is 0. The number of nitrogens with one attached hydrogen (secondary N) is 1. The molecule has 0 bridgehead atoms. The van der Waals surface area contributed by atoms with E-state index in [1.165, 1.54) is 11.1 Å². The molecule has 1 aromatic heterocycles. The zero-order valence-electron chi connectivity index (χ0n) is 13.2. The smallest absolute Gasteiger partial charge is 0.270 e. The van der Waals surface area contributed by atoms with Crippen LogP contribution in [0.3, 0.4) is 0 Å². The first-order valence-corrected chi connectivity index (χ1v) is 7.65. The molecule has 3 rings (SSSR count). The summed E-state index contributed by atoms with van der Waals surface area (Å²) in [6.45, 7) is 6.23. The van der Waals surface area contributed by atoms with E-state index in [-0.39, 0.29) is 5.56 Å². The fraction of sp³-hybridized carbons (Fsp3) is 0.263. The SMILES string of the molecule is CCc1ccc(Cc2nc3cc(C)c(C)cc3[nH]c2=O)cc1. The fourth-order valence-electron chi connectivity index (χ4n) is 2.59. The number of benzene rings is 2. The quantitative estimate of drug-likeness (QED) is 0.800. The van der Waals surface area contributed by atoms with Gasteiger partial charge in [0.05, 0.1) is 11.0 Å². The Morgan fingerprint density at radius 3 is 2.32 bits per heavy atom. The number of H-pyrrole nitrogens is 1. The number of fused-ring (bicyclic) bond motifs is 1. The van der Waals surface area contributed by atoms with Crippen molar-refractivity contribution in [3.05, 3.63) is 74.7 Å². The summed E-state index contributed by atoms with van der Waals surface area (Å²) < 4.78 is 0. The van der Waals surface area contributed by atoms with Crippen molar-refractivity contribution >= 4 is 11.0 Å². The number of nitrogens with zero attached hydrogens (tertiary/aromatic N) is 1. The van der Waals surface area contributed by atoms with Crippen molar-refractivity contribution in [2.45, 2.75) is 33.6 Å². The van der Waals surface area contributed by atoms with Gasteiger partial charge < -0.3 is 4.98 Å². The summed E-state index contributed by atoms with van der Waals surface area (Å²) in [6.07, 6.45) is 1.58. The topological polar surface area (TPSA) is 45.8 Å². The molecule has 0 fully saturated rings. The Hall–Kier alpha value is -2.42. The second kappa shape index (κ2) is 5.76. The molecule has 22 heavy (non-hydrogen) atoms. The van der Waals surface area contributed by atoms with E-state index >= 15 is 0 Å². The van der Waals surface area contributed by atoms with Gasteiger partial charge in [-0.15, -0.1) is 0 Å². The molecule has 0 aliphatic carbocycles. The van der Waals surface area contributed by atoms with Gasteiger partial charge in [0.25, 0.3) is 5.56 Å². The zero-order valence-corrected chi connectivity index (χ0v) is 13.2. The van der Waals surface area contributed by atoms with Crippen LogP contribution < -0.4 is 5.56 Å². The van der Waals surface area contributed by atoms with E-state index in [4.69, 9.17) is 0 Å². The first-order valence-electron chi connectivity index (χ1n) is 7.65. The van der Waals surface area contributed by atoms with Crippen LogP contribution in [0.4, 0.5) is 0 Å². The highest BCUT2D eigenvalue weighted by Gasteiger charge is 2.07. The van der Waals surface area contributed by atoms with Crippen molar-refractivity contribution < 1.29 is 0 Å². The van der Waals surface area contributed by atoms with Crippen LogP contribution in [0.5, 0.6) is 0 Å². The second-order valence-corrected chi connectivity index (χ2v) is 5.81. The minimum atomic E-state index is -0.102. The molecule has 0 atom stereocenters. The number of rotatable bonds is 3. The highest BCUT2D eigenvalue weighted by molar-refractivity contribution is 5.76. The average Bonchev–Trinajstić information content (AvgIpc) is 2.51. The van der Waals surface area contributed by atoms with Gasteiger partial charge in [-0.1, -0.05) is 31.2 Å². The van der Waals surface area contributed by atoms with Gasteiger partial charge in [-0.05, 0) is 54.7 Å². The standard InChI is InChI=1S/C19H20N2O/c1-4-14-5-7-15(8-6-14)11-18-19(22)21-17-10-13(3)12(2)9-16(17)20-18/h5-10H,4,11H2,1-3H3,(H,21,22). The van der Waals surface area contributed by atoms with Crippen LogP contribution in [-0.2, 0) is 12.8 Å². The molecule has 0 spiro atoms. The molecule has 3 heteroatoms. The highest BCUT2D eigenvalue weighted by atomic mass is 16.1. The minimum Gasteiger partial charge on any atom is -0.319 e. The molecule has 0 saturated heterocycles. The Labute approximate surface area is 130 Å². The molecule has 112 valence electrons. The fourth-order valence-corrected chi connectivity index (χ4v) is 2.59. The van der Waals surface area contributed by atoms with Crippen LogP contribution in [0.15, 0.2) is 41.2 Å². The van der Waals surface area contributed by atoms with E-state index in [0.717, 1.165) is 28.6 Å². The maximum Gasteiger partial charge on any atom is 0.270 e. The van der Waals surface area contributed by atoms with Crippen LogP contribution in [0.25, 0.3) is 11.0 Å². The van der Waals surface area contributed by atoms with E-state index in [0.29, 0.717) is 12.1 Å². The van der Waals surface area contributed by atoms with E-state index in [1.54, 1.807) is 0 Å². The number of aromatic amines is 1. The van der Waals surface area contributed by atoms with E-state index < -0.39 is 0 Å². The van der Waals surface area contributed by atoms with Gasteiger partial charge in [-0.25, -0.2) is 4.98 Å². The lowest BCUT2D eigenvalue weighted by Gasteiger charge is -2.06. The van der Waals surface area contributed by atoms with Crippen LogP contribution >= 0.6 is 0 Å². The molecule has 1 heterocycles. The van der Waals surface area contributed by atoms with Crippen molar-refractivity contribution in [1.82, 2.24) is 9.97 Å². The lowest BCUT2D eigenvalue weighted by molar-refractivity contribution is 1.02. The third-order valence-corrected chi connectivity index (χ3v) is 4.18. The predicted octanol–water partition coefficient (Wildman–Crippen LogP) is 3.69. The maximum absolute atomic E-state index is 12.2. The second-order valence-electron chi connectivity index (χ2n) is 5.81. The molecule has 3 nitrogen and oxygen atoms in total. The Morgan fingerprint density at radius 2 is 1.64 bits per heavy atom. The first kappa shape index (κ1) is 14.5. The van der Waals surface area contributed by atoms with Crippen molar-refractivity contribution in [2.75, 3.05) is 0 Å². The van der Waals surface area contributed by atoms with Crippen molar-refractivity contribution in [1.29, 1.82) is 0 Å². The number of aryl methyl sites for hydroxylation is 3. The van der Waals surface area contributed by atoms with Gasteiger partial charge in [-0.3, -0.25) is 4.79 Å². The molecule has 0 saturated carbocycles. The van der Waals surface area contributed by atoms with E-state index in [9.17, 15) is 4.79 Å². The van der Waals surface area contributed by atoms with E-state index in [1.807, 2.05) is 19.1 Å². The molecule has 0 amide bonds. The Kier molecular flexibility index (Phi) is 3.80. The number of hydrogen-bond donors (Lipinski definition) is 1. The summed E-state index contributed by atoms with van der Waals surface area (Å²) in [4.78, 5) is 19.8. The summed E-state index contributed by atoms with van der Waals surface area (Å²) in [5.74, 6) is 0. The Bertz CT molecular complexity index is 876. The third kappa shape index (κ3) is 2.80. The molecule has 2 aromatic carbocycles. The molecule has 0 radical (unpaired) electrons. The Balaban J connectivity index is 2.00. The highest BCUT2D eigenvalue weighted by Crippen LogP contribution is 2.16. The minimum absolute atomic E-state index is 0.102. The van der Waals surface area contributed by atoms with Gasteiger partial charge in [0.1, 0.15) is 5.69 Å². The van der Waals surface area contributed by atoms with Crippen LogP contribution in [0.1, 0.15) is 34.9 Å². The van der Waals surface area contributed by atoms with Gasteiger partial charge in [0.2, 0.25) is 0 Å². The van der Waals surface area contributed by atoms with Crippen molar-refractivity contribution in [3.63, 3.8) is 0 Å². The maximum atomic E-state index is 12.2. The number of hydrogen-bond acceptors (Lipinski definition) is 2. The Morgan fingerprint density at radius 1 is 1.00 bits per heavy atom. The molecule has 3 aromatic rings. The monoisotopic (exact) mass is 292 g/mol. The molecular weight excluding hydrogens is 272 g/mol. The van der Waals surface area contributed by atoms with Gasteiger partial charge >= 0.3 is 0 Å². The number of aromatic nitrogens is 2. The lowest BCUT2D eigenvalue weighted by Crippen LogP contribution is -2.15. The third-order valence-electron chi connectivity index (χ3n) is 4.18. The first-order chi connectivity index (χ1) is 10.6. The average molecular weight is 292 g/mol. The molecular formula is C19H20N2O. The summed E-state index contributed by atoms with van der Waals surface area (Å²) in [5, 5.41) is 0.